The van der Waals surface area contributed by atoms with Crippen molar-refractivity contribution >= 4 is 5.91 Å². The highest BCUT2D eigenvalue weighted by molar-refractivity contribution is 5.92. The van der Waals surface area contributed by atoms with Crippen molar-refractivity contribution in [2.24, 2.45) is 0 Å². The second-order valence-corrected chi connectivity index (χ2v) is 4.66. The molecular formula is C15H17FN4O2. The van der Waals surface area contributed by atoms with Crippen LogP contribution in [-0.2, 0) is 0 Å². The lowest BCUT2D eigenvalue weighted by molar-refractivity contribution is 0.0946. The van der Waals surface area contributed by atoms with Crippen molar-refractivity contribution in [3.05, 3.63) is 58.3 Å². The van der Waals surface area contributed by atoms with Crippen LogP contribution in [0.25, 0.3) is 5.69 Å². The zero-order chi connectivity index (χ0) is 15.9. The van der Waals surface area contributed by atoms with Crippen LogP contribution in [0.5, 0.6) is 0 Å². The molecule has 1 amide bonds. The van der Waals surface area contributed by atoms with E-state index in [0.29, 0.717) is 12.2 Å². The summed E-state index contributed by atoms with van der Waals surface area (Å²) < 4.78 is 14.0. The van der Waals surface area contributed by atoms with E-state index in [-0.39, 0.29) is 11.6 Å². The molecule has 0 atom stereocenters. The molecule has 0 aliphatic heterocycles. The molecule has 0 unspecified atom stereocenters. The number of rotatable bonds is 6. The number of aromatic nitrogens is 2. The zero-order valence-corrected chi connectivity index (χ0v) is 12.2. The van der Waals surface area contributed by atoms with Crippen LogP contribution in [0.15, 0.2) is 41.2 Å². The van der Waals surface area contributed by atoms with Crippen molar-refractivity contribution in [2.75, 3.05) is 20.1 Å². The molecule has 2 N–H and O–H groups in total. The molecule has 0 radical (unpaired) electrons. The molecule has 7 heteroatoms. The first-order valence-electron chi connectivity index (χ1n) is 6.91. The third-order valence-electron chi connectivity index (χ3n) is 2.99. The Labute approximate surface area is 127 Å². The molecule has 0 spiro atoms. The van der Waals surface area contributed by atoms with Crippen LogP contribution >= 0.6 is 0 Å². The SMILES string of the molecule is CNCCCNC(=O)c1ccc(=O)n(-c2ccc(F)cc2)n1. The van der Waals surface area contributed by atoms with Crippen molar-refractivity contribution in [1.29, 1.82) is 0 Å². The molecule has 0 saturated carbocycles. The summed E-state index contributed by atoms with van der Waals surface area (Å²) in [5.41, 5.74) is 0.142. The predicted octanol–water partition coefficient (Wildman–Crippen LogP) is 0.711. The van der Waals surface area contributed by atoms with E-state index in [9.17, 15) is 14.0 Å². The monoisotopic (exact) mass is 304 g/mol. The van der Waals surface area contributed by atoms with Crippen LogP contribution in [0.4, 0.5) is 4.39 Å². The second kappa shape index (κ2) is 7.46. The van der Waals surface area contributed by atoms with Crippen LogP contribution in [-0.4, -0.2) is 35.8 Å². The van der Waals surface area contributed by atoms with Crippen molar-refractivity contribution < 1.29 is 9.18 Å². The Morgan fingerprint density at radius 1 is 1.18 bits per heavy atom. The lowest BCUT2D eigenvalue weighted by atomic mass is 10.3. The van der Waals surface area contributed by atoms with Gasteiger partial charge in [0.05, 0.1) is 5.69 Å². The highest BCUT2D eigenvalue weighted by atomic mass is 19.1. The summed E-state index contributed by atoms with van der Waals surface area (Å²) in [4.78, 5) is 23.8. The molecule has 22 heavy (non-hydrogen) atoms. The maximum Gasteiger partial charge on any atom is 0.271 e. The molecule has 116 valence electrons. The van der Waals surface area contributed by atoms with Gasteiger partial charge < -0.3 is 10.6 Å². The number of amides is 1. The summed E-state index contributed by atoms with van der Waals surface area (Å²) >= 11 is 0. The van der Waals surface area contributed by atoms with E-state index in [1.165, 1.54) is 36.4 Å². The Kier molecular flexibility index (Phi) is 5.37. The van der Waals surface area contributed by atoms with Gasteiger partial charge in [-0.15, -0.1) is 0 Å². The van der Waals surface area contributed by atoms with Crippen LogP contribution in [0.3, 0.4) is 0 Å². The minimum absolute atomic E-state index is 0.133. The van der Waals surface area contributed by atoms with Gasteiger partial charge in [0, 0.05) is 12.6 Å². The molecule has 1 heterocycles. The van der Waals surface area contributed by atoms with Gasteiger partial charge in [-0.1, -0.05) is 0 Å². The van der Waals surface area contributed by atoms with E-state index in [1.807, 2.05) is 7.05 Å². The Balaban J connectivity index is 2.18. The molecule has 0 aliphatic carbocycles. The van der Waals surface area contributed by atoms with Crippen molar-refractivity contribution in [2.45, 2.75) is 6.42 Å². The van der Waals surface area contributed by atoms with Gasteiger partial charge in [-0.2, -0.15) is 9.78 Å². The molecule has 0 fully saturated rings. The number of carbonyl (C=O) groups excluding carboxylic acids is 1. The molecule has 0 bridgehead atoms. The normalized spacial score (nSPS) is 10.5. The maximum atomic E-state index is 12.9. The number of benzene rings is 1. The first kappa shape index (κ1) is 15.8. The lowest BCUT2D eigenvalue weighted by Gasteiger charge is -2.08. The van der Waals surface area contributed by atoms with Crippen molar-refractivity contribution in [3.8, 4) is 5.69 Å². The Morgan fingerprint density at radius 3 is 2.59 bits per heavy atom. The standard InChI is InChI=1S/C15H17FN4O2/c1-17-9-2-10-18-15(22)13-7-8-14(21)20(19-13)12-5-3-11(16)4-6-12/h3-8,17H,2,9-10H2,1H3,(H,18,22). The van der Waals surface area contributed by atoms with Crippen LogP contribution < -0.4 is 16.2 Å². The van der Waals surface area contributed by atoms with Crippen LogP contribution in [0, 0.1) is 5.82 Å². The van der Waals surface area contributed by atoms with Gasteiger partial charge in [0.15, 0.2) is 0 Å². The summed E-state index contributed by atoms with van der Waals surface area (Å²) in [5.74, 6) is -0.762. The Bertz CT molecular complexity index is 697. The van der Waals surface area contributed by atoms with Gasteiger partial charge in [0.2, 0.25) is 0 Å². The average molecular weight is 304 g/mol. The van der Waals surface area contributed by atoms with Gasteiger partial charge >= 0.3 is 0 Å². The molecule has 1 aromatic carbocycles. The van der Waals surface area contributed by atoms with E-state index in [2.05, 4.69) is 15.7 Å². The van der Waals surface area contributed by atoms with Crippen molar-refractivity contribution in [3.63, 3.8) is 0 Å². The van der Waals surface area contributed by atoms with Gasteiger partial charge in [0.1, 0.15) is 11.5 Å². The van der Waals surface area contributed by atoms with E-state index < -0.39 is 11.4 Å². The van der Waals surface area contributed by atoms with E-state index in [1.54, 1.807) is 0 Å². The summed E-state index contributed by atoms with van der Waals surface area (Å²) in [7, 11) is 1.84. The number of carbonyl (C=O) groups is 1. The summed E-state index contributed by atoms with van der Waals surface area (Å²) in [6.45, 7) is 1.31. The van der Waals surface area contributed by atoms with Crippen LogP contribution in [0.2, 0.25) is 0 Å². The Hall–Kier alpha value is -2.54. The number of hydrogen-bond acceptors (Lipinski definition) is 4. The highest BCUT2D eigenvalue weighted by Crippen LogP contribution is 2.05. The zero-order valence-electron chi connectivity index (χ0n) is 12.2. The number of nitrogens with zero attached hydrogens (tertiary/aromatic N) is 2. The minimum atomic E-state index is -0.407. The van der Waals surface area contributed by atoms with E-state index in [4.69, 9.17) is 0 Å². The van der Waals surface area contributed by atoms with Crippen LogP contribution in [0.1, 0.15) is 16.9 Å². The second-order valence-electron chi connectivity index (χ2n) is 4.66. The van der Waals surface area contributed by atoms with Gasteiger partial charge in [-0.3, -0.25) is 9.59 Å². The minimum Gasteiger partial charge on any atom is -0.351 e. The molecule has 0 aliphatic rings. The fourth-order valence-electron chi connectivity index (χ4n) is 1.86. The van der Waals surface area contributed by atoms with E-state index in [0.717, 1.165) is 17.6 Å². The fraction of sp³-hybridized carbons (Fsp3) is 0.267. The number of hydrogen-bond donors (Lipinski definition) is 2. The summed E-state index contributed by atoms with van der Waals surface area (Å²) in [6.07, 6.45) is 0.792. The highest BCUT2D eigenvalue weighted by Gasteiger charge is 2.10. The molecular weight excluding hydrogens is 287 g/mol. The fourth-order valence-corrected chi connectivity index (χ4v) is 1.86. The largest absolute Gasteiger partial charge is 0.351 e. The first-order chi connectivity index (χ1) is 10.6. The molecule has 2 aromatic rings. The van der Waals surface area contributed by atoms with Gasteiger partial charge in [-0.05, 0) is 50.3 Å². The lowest BCUT2D eigenvalue weighted by Crippen LogP contribution is -2.30. The number of halogens is 1. The van der Waals surface area contributed by atoms with Gasteiger partial charge in [-0.25, -0.2) is 4.39 Å². The molecule has 0 saturated heterocycles. The van der Waals surface area contributed by atoms with Gasteiger partial charge in [0.25, 0.3) is 11.5 Å². The van der Waals surface area contributed by atoms with E-state index >= 15 is 0 Å². The topological polar surface area (TPSA) is 76.0 Å². The summed E-state index contributed by atoms with van der Waals surface area (Å²) in [6, 6.07) is 7.95. The molecule has 6 nitrogen and oxygen atoms in total. The van der Waals surface area contributed by atoms with Crippen molar-refractivity contribution in [1.82, 2.24) is 20.4 Å². The maximum absolute atomic E-state index is 12.9. The third kappa shape index (κ3) is 3.98. The average Bonchev–Trinajstić information content (AvgIpc) is 2.53. The Morgan fingerprint density at radius 2 is 1.91 bits per heavy atom. The predicted molar refractivity (Wildman–Crippen MR) is 80.7 cm³/mol. The molecule has 1 aromatic heterocycles. The molecule has 2 rings (SSSR count). The quantitative estimate of drug-likeness (QED) is 0.771. The smallest absolute Gasteiger partial charge is 0.271 e. The summed E-state index contributed by atoms with van der Waals surface area (Å²) in [5, 5.41) is 9.73. The number of nitrogens with one attached hydrogen (secondary N) is 2. The third-order valence-corrected chi connectivity index (χ3v) is 2.99. The first-order valence-corrected chi connectivity index (χ1v) is 6.91.